The topological polar surface area (TPSA) is 105 Å². The standard InChI is InChI=1S/C23H22N4O4/c1-13-18-19(15-10-11-17(28-2)21(30-4)20(15)29-3)16(12-24)22(25)31-23(18)27(26-13)14-8-6-5-7-9-14/h5-11,19H,25H2,1-4H3/t19-/m1/s1. The smallest absolute Gasteiger partial charge is 0.229 e. The van der Waals surface area contributed by atoms with Crippen molar-refractivity contribution in [2.45, 2.75) is 12.8 Å². The molecule has 0 saturated heterocycles. The van der Waals surface area contributed by atoms with Gasteiger partial charge in [0, 0.05) is 5.56 Å². The SMILES string of the molecule is COc1ccc([C@@H]2C(C#N)=C(N)Oc3c2c(C)nn3-c2ccccc2)c(OC)c1OC. The lowest BCUT2D eigenvalue weighted by Crippen LogP contribution is -2.22. The van der Waals surface area contributed by atoms with E-state index in [4.69, 9.17) is 24.7 Å². The van der Waals surface area contributed by atoms with Gasteiger partial charge in [0.15, 0.2) is 11.5 Å². The number of hydrogen-bond acceptors (Lipinski definition) is 7. The number of fused-ring (bicyclic) bond motifs is 1. The molecule has 8 heteroatoms. The second-order valence-corrected chi connectivity index (χ2v) is 6.90. The van der Waals surface area contributed by atoms with Crippen LogP contribution in [0, 0.1) is 18.3 Å². The highest BCUT2D eigenvalue weighted by atomic mass is 16.5. The minimum atomic E-state index is -0.555. The van der Waals surface area contributed by atoms with Gasteiger partial charge in [0.25, 0.3) is 0 Å². The van der Waals surface area contributed by atoms with Crippen LogP contribution >= 0.6 is 0 Å². The minimum absolute atomic E-state index is 0.0221. The molecule has 8 nitrogen and oxygen atoms in total. The Bertz CT molecular complexity index is 1210. The van der Waals surface area contributed by atoms with Gasteiger partial charge in [0.05, 0.1) is 44.2 Å². The molecule has 1 atom stereocenters. The number of para-hydroxylation sites is 1. The zero-order chi connectivity index (χ0) is 22.1. The normalized spacial score (nSPS) is 15.0. The molecule has 2 N–H and O–H groups in total. The molecule has 1 aliphatic rings. The monoisotopic (exact) mass is 418 g/mol. The first-order valence-corrected chi connectivity index (χ1v) is 9.57. The van der Waals surface area contributed by atoms with Crippen molar-refractivity contribution in [1.82, 2.24) is 9.78 Å². The second kappa shape index (κ2) is 7.95. The Morgan fingerprint density at radius 1 is 1.03 bits per heavy atom. The van der Waals surface area contributed by atoms with Crippen molar-refractivity contribution in [3.05, 3.63) is 70.7 Å². The molecular formula is C23H22N4O4. The molecule has 0 unspecified atom stereocenters. The summed E-state index contributed by atoms with van der Waals surface area (Å²) in [5, 5.41) is 14.6. The molecule has 0 aliphatic carbocycles. The van der Waals surface area contributed by atoms with Gasteiger partial charge >= 0.3 is 0 Å². The van der Waals surface area contributed by atoms with Crippen LogP contribution in [0.5, 0.6) is 23.1 Å². The number of rotatable bonds is 5. The molecule has 31 heavy (non-hydrogen) atoms. The summed E-state index contributed by atoms with van der Waals surface area (Å²) in [5.41, 5.74) is 9.43. The van der Waals surface area contributed by atoms with Gasteiger partial charge in [-0.15, -0.1) is 0 Å². The maximum Gasteiger partial charge on any atom is 0.229 e. The summed E-state index contributed by atoms with van der Waals surface area (Å²) in [6.07, 6.45) is 0. The number of hydrogen-bond donors (Lipinski definition) is 1. The summed E-state index contributed by atoms with van der Waals surface area (Å²) >= 11 is 0. The number of aryl methyl sites for hydroxylation is 1. The molecule has 0 bridgehead atoms. The van der Waals surface area contributed by atoms with Crippen molar-refractivity contribution in [2.24, 2.45) is 5.73 Å². The van der Waals surface area contributed by atoms with Crippen LogP contribution in [-0.4, -0.2) is 31.1 Å². The van der Waals surface area contributed by atoms with Crippen LogP contribution in [0.25, 0.3) is 5.69 Å². The van der Waals surface area contributed by atoms with Crippen molar-refractivity contribution in [3.8, 4) is 34.9 Å². The molecule has 0 amide bonds. The molecule has 0 radical (unpaired) electrons. The number of nitrogens with zero attached hydrogens (tertiary/aromatic N) is 3. The van der Waals surface area contributed by atoms with E-state index in [1.165, 1.54) is 7.11 Å². The van der Waals surface area contributed by atoms with Crippen molar-refractivity contribution in [1.29, 1.82) is 5.26 Å². The van der Waals surface area contributed by atoms with E-state index in [-0.39, 0.29) is 11.5 Å². The lowest BCUT2D eigenvalue weighted by molar-refractivity contribution is 0.320. The summed E-state index contributed by atoms with van der Waals surface area (Å²) in [6.45, 7) is 1.87. The number of benzene rings is 2. The molecule has 0 spiro atoms. The van der Waals surface area contributed by atoms with Crippen molar-refractivity contribution < 1.29 is 18.9 Å². The zero-order valence-electron chi connectivity index (χ0n) is 17.7. The molecule has 1 aliphatic heterocycles. The largest absolute Gasteiger partial charge is 0.493 e. The Kier molecular flexibility index (Phi) is 5.17. The fourth-order valence-electron chi connectivity index (χ4n) is 3.92. The van der Waals surface area contributed by atoms with Gasteiger partial charge in [-0.3, -0.25) is 0 Å². The average Bonchev–Trinajstić information content (AvgIpc) is 3.13. The van der Waals surface area contributed by atoms with Crippen molar-refractivity contribution in [3.63, 3.8) is 0 Å². The van der Waals surface area contributed by atoms with Gasteiger partial charge < -0.3 is 24.7 Å². The number of aromatic nitrogens is 2. The maximum absolute atomic E-state index is 9.93. The number of ether oxygens (including phenoxy) is 4. The third kappa shape index (κ3) is 3.11. The molecule has 2 aromatic carbocycles. The van der Waals surface area contributed by atoms with E-state index in [2.05, 4.69) is 11.2 Å². The third-order valence-electron chi connectivity index (χ3n) is 5.28. The first-order valence-electron chi connectivity index (χ1n) is 9.57. The summed E-state index contributed by atoms with van der Waals surface area (Å²) in [4.78, 5) is 0. The van der Waals surface area contributed by atoms with Gasteiger partial charge in [-0.25, -0.2) is 4.68 Å². The molecule has 4 rings (SSSR count). The fraction of sp³-hybridized carbons (Fsp3) is 0.217. The molecule has 158 valence electrons. The summed E-state index contributed by atoms with van der Waals surface area (Å²) in [7, 11) is 4.63. The Balaban J connectivity index is 2.01. The molecule has 2 heterocycles. The number of nitriles is 1. The van der Waals surface area contributed by atoms with E-state index >= 15 is 0 Å². The molecular weight excluding hydrogens is 396 g/mol. The second-order valence-electron chi connectivity index (χ2n) is 6.90. The lowest BCUT2D eigenvalue weighted by atomic mass is 9.83. The highest BCUT2D eigenvalue weighted by Crippen LogP contribution is 2.50. The van der Waals surface area contributed by atoms with Gasteiger partial charge in [0.1, 0.15) is 11.6 Å². The molecule has 0 saturated carbocycles. The van der Waals surface area contributed by atoms with Crippen LogP contribution in [-0.2, 0) is 0 Å². The predicted octanol–water partition coefficient (Wildman–Crippen LogP) is 3.42. The van der Waals surface area contributed by atoms with Gasteiger partial charge in [0.2, 0.25) is 17.5 Å². The number of methoxy groups -OCH3 is 3. The Morgan fingerprint density at radius 3 is 2.35 bits per heavy atom. The third-order valence-corrected chi connectivity index (χ3v) is 5.28. The van der Waals surface area contributed by atoms with E-state index < -0.39 is 5.92 Å². The quantitative estimate of drug-likeness (QED) is 0.677. The van der Waals surface area contributed by atoms with Crippen LogP contribution in [0.2, 0.25) is 0 Å². The van der Waals surface area contributed by atoms with E-state index in [1.54, 1.807) is 25.0 Å². The predicted molar refractivity (Wildman–Crippen MR) is 114 cm³/mol. The summed E-state index contributed by atoms with van der Waals surface area (Å²) in [5.74, 6) is 1.33. The van der Waals surface area contributed by atoms with Crippen LogP contribution in [0.1, 0.15) is 22.7 Å². The maximum atomic E-state index is 9.93. The summed E-state index contributed by atoms with van der Waals surface area (Å²) in [6, 6.07) is 15.4. The molecule has 1 aromatic heterocycles. The van der Waals surface area contributed by atoms with Crippen LogP contribution in [0.4, 0.5) is 0 Å². The van der Waals surface area contributed by atoms with Gasteiger partial charge in [-0.05, 0) is 25.1 Å². The number of nitrogens with two attached hydrogens (primary N) is 1. The van der Waals surface area contributed by atoms with Crippen LogP contribution in [0.15, 0.2) is 53.9 Å². The van der Waals surface area contributed by atoms with Crippen molar-refractivity contribution in [2.75, 3.05) is 21.3 Å². The Labute approximate surface area is 180 Å². The van der Waals surface area contributed by atoms with Crippen molar-refractivity contribution >= 4 is 0 Å². The van der Waals surface area contributed by atoms with E-state index in [0.29, 0.717) is 34.4 Å². The number of allylic oxidation sites excluding steroid dienone is 1. The van der Waals surface area contributed by atoms with Crippen LogP contribution in [0.3, 0.4) is 0 Å². The first kappa shape index (κ1) is 20.2. The minimum Gasteiger partial charge on any atom is -0.493 e. The van der Waals surface area contributed by atoms with E-state index in [0.717, 1.165) is 11.3 Å². The first-order chi connectivity index (χ1) is 15.0. The molecule has 3 aromatic rings. The summed E-state index contributed by atoms with van der Waals surface area (Å²) < 4.78 is 24.2. The van der Waals surface area contributed by atoms with E-state index in [9.17, 15) is 5.26 Å². The lowest BCUT2D eigenvalue weighted by Gasteiger charge is -2.27. The van der Waals surface area contributed by atoms with Gasteiger partial charge in [-0.1, -0.05) is 24.3 Å². The van der Waals surface area contributed by atoms with Gasteiger partial charge in [-0.2, -0.15) is 10.4 Å². The zero-order valence-corrected chi connectivity index (χ0v) is 17.7. The highest BCUT2D eigenvalue weighted by Gasteiger charge is 2.38. The van der Waals surface area contributed by atoms with Crippen LogP contribution < -0.4 is 24.7 Å². The average molecular weight is 418 g/mol. The fourth-order valence-corrected chi connectivity index (χ4v) is 3.92. The Hall–Kier alpha value is -4.12. The molecule has 0 fully saturated rings. The highest BCUT2D eigenvalue weighted by molar-refractivity contribution is 5.64. The van der Waals surface area contributed by atoms with E-state index in [1.807, 2.05) is 43.3 Å². The Morgan fingerprint density at radius 2 is 1.74 bits per heavy atom.